The van der Waals surface area contributed by atoms with Gasteiger partial charge in [-0.25, -0.2) is 8.78 Å². The van der Waals surface area contributed by atoms with Gasteiger partial charge in [0.2, 0.25) is 0 Å². The minimum absolute atomic E-state index is 0.168. The molecule has 1 nitrogen and oxygen atoms in total. The molecule has 2 aromatic carbocycles. The standard InChI is InChI=1S/C17H15BrF2O/c1-11-2-4-12(5-3-11)6-7-13(21)10-14-16(19)9-8-15(18)17(14)20/h2-5,8-9H,6-7,10H2,1H3. The Kier molecular flexibility index (Phi) is 5.23. The molecule has 4 heteroatoms. The number of halogens is 3. The first kappa shape index (κ1) is 15.8. The van der Waals surface area contributed by atoms with E-state index in [2.05, 4.69) is 15.9 Å². The zero-order chi connectivity index (χ0) is 15.4. The van der Waals surface area contributed by atoms with E-state index < -0.39 is 11.6 Å². The number of carbonyl (C=O) groups is 1. The van der Waals surface area contributed by atoms with Gasteiger partial charge in [-0.3, -0.25) is 4.79 Å². The molecule has 110 valence electrons. The summed E-state index contributed by atoms with van der Waals surface area (Å²) in [5.74, 6) is -1.55. The number of Topliss-reactive ketones (excluding diaryl/α,β-unsaturated/α-hetero) is 1. The van der Waals surface area contributed by atoms with Crippen molar-refractivity contribution < 1.29 is 13.6 Å². The first-order chi connectivity index (χ1) is 9.97. The maximum absolute atomic E-state index is 13.8. The Morgan fingerprint density at radius 1 is 1.10 bits per heavy atom. The zero-order valence-electron chi connectivity index (χ0n) is 11.6. The van der Waals surface area contributed by atoms with Crippen molar-refractivity contribution in [2.75, 3.05) is 0 Å². The number of ketones is 1. The van der Waals surface area contributed by atoms with Crippen molar-refractivity contribution in [2.24, 2.45) is 0 Å². The van der Waals surface area contributed by atoms with Crippen LogP contribution in [0.2, 0.25) is 0 Å². The van der Waals surface area contributed by atoms with E-state index in [1.165, 1.54) is 6.07 Å². The summed E-state index contributed by atoms with van der Waals surface area (Å²) in [6, 6.07) is 10.3. The summed E-state index contributed by atoms with van der Waals surface area (Å²) >= 11 is 3.00. The molecule has 0 fully saturated rings. The highest BCUT2D eigenvalue weighted by Gasteiger charge is 2.15. The molecule has 0 bridgehead atoms. The van der Waals surface area contributed by atoms with Crippen LogP contribution in [-0.4, -0.2) is 5.78 Å². The van der Waals surface area contributed by atoms with Gasteiger partial charge in [0.05, 0.1) is 4.47 Å². The fraction of sp³-hybridized carbons (Fsp3) is 0.235. The van der Waals surface area contributed by atoms with Gasteiger partial charge >= 0.3 is 0 Å². The Labute approximate surface area is 131 Å². The molecular formula is C17H15BrF2O. The van der Waals surface area contributed by atoms with Crippen LogP contribution in [0.1, 0.15) is 23.1 Å². The van der Waals surface area contributed by atoms with Gasteiger partial charge in [-0.1, -0.05) is 29.8 Å². The highest BCUT2D eigenvalue weighted by molar-refractivity contribution is 9.10. The molecule has 0 amide bonds. The first-order valence-electron chi connectivity index (χ1n) is 6.67. The van der Waals surface area contributed by atoms with E-state index in [9.17, 15) is 13.6 Å². The third-order valence-electron chi connectivity index (χ3n) is 3.33. The molecule has 0 saturated carbocycles. The lowest BCUT2D eigenvalue weighted by atomic mass is 10.0. The predicted molar refractivity (Wildman–Crippen MR) is 82.3 cm³/mol. The van der Waals surface area contributed by atoms with Crippen molar-refractivity contribution in [2.45, 2.75) is 26.2 Å². The van der Waals surface area contributed by atoms with Crippen LogP contribution in [0, 0.1) is 18.6 Å². The Balaban J connectivity index is 1.99. The maximum Gasteiger partial charge on any atom is 0.143 e. The summed E-state index contributed by atoms with van der Waals surface area (Å²) in [5.41, 5.74) is 2.03. The second-order valence-corrected chi connectivity index (χ2v) is 5.88. The molecule has 0 unspecified atom stereocenters. The number of benzene rings is 2. The van der Waals surface area contributed by atoms with Crippen LogP contribution in [0.15, 0.2) is 40.9 Å². The van der Waals surface area contributed by atoms with Crippen molar-refractivity contribution in [1.82, 2.24) is 0 Å². The van der Waals surface area contributed by atoms with E-state index in [4.69, 9.17) is 0 Å². The summed E-state index contributed by atoms with van der Waals surface area (Å²) in [6.45, 7) is 1.99. The van der Waals surface area contributed by atoms with Gasteiger partial charge in [0, 0.05) is 18.4 Å². The highest BCUT2D eigenvalue weighted by Crippen LogP contribution is 2.22. The van der Waals surface area contributed by atoms with Gasteiger partial charge in [-0.15, -0.1) is 0 Å². The minimum atomic E-state index is -0.696. The number of rotatable bonds is 5. The summed E-state index contributed by atoms with van der Waals surface area (Å²) in [6.07, 6.45) is 0.633. The summed E-state index contributed by atoms with van der Waals surface area (Å²) in [4.78, 5) is 11.9. The first-order valence-corrected chi connectivity index (χ1v) is 7.46. The molecule has 0 aromatic heterocycles. The molecule has 2 rings (SSSR count). The van der Waals surface area contributed by atoms with Crippen molar-refractivity contribution >= 4 is 21.7 Å². The van der Waals surface area contributed by atoms with Crippen molar-refractivity contribution in [3.8, 4) is 0 Å². The van der Waals surface area contributed by atoms with Crippen molar-refractivity contribution in [3.05, 3.63) is 69.2 Å². The molecule has 0 saturated heterocycles. The Bertz CT molecular complexity index is 651. The Morgan fingerprint density at radius 2 is 1.76 bits per heavy atom. The van der Waals surface area contributed by atoms with Crippen molar-refractivity contribution in [1.29, 1.82) is 0 Å². The normalized spacial score (nSPS) is 10.7. The Morgan fingerprint density at radius 3 is 2.43 bits per heavy atom. The maximum atomic E-state index is 13.8. The van der Waals surface area contributed by atoms with E-state index in [0.29, 0.717) is 6.42 Å². The van der Waals surface area contributed by atoms with Gasteiger partial charge in [0.25, 0.3) is 0 Å². The molecule has 0 radical (unpaired) electrons. The SMILES string of the molecule is Cc1ccc(CCC(=O)Cc2c(F)ccc(Br)c2F)cc1. The lowest BCUT2D eigenvalue weighted by Crippen LogP contribution is -2.08. The van der Waals surface area contributed by atoms with Crippen LogP contribution in [-0.2, 0) is 17.6 Å². The second kappa shape index (κ2) is 6.94. The summed E-state index contributed by atoms with van der Waals surface area (Å²) in [7, 11) is 0. The molecule has 0 spiro atoms. The molecule has 0 atom stereocenters. The quantitative estimate of drug-likeness (QED) is 0.707. The largest absolute Gasteiger partial charge is 0.299 e. The van der Waals surface area contributed by atoms with E-state index >= 15 is 0 Å². The average molecular weight is 353 g/mol. The lowest BCUT2D eigenvalue weighted by Gasteiger charge is -2.06. The fourth-order valence-electron chi connectivity index (χ4n) is 2.06. The van der Waals surface area contributed by atoms with Crippen LogP contribution in [0.5, 0.6) is 0 Å². The molecule has 0 aliphatic heterocycles. The monoisotopic (exact) mass is 352 g/mol. The van der Waals surface area contributed by atoms with Gasteiger partial charge in [-0.05, 0) is 47.0 Å². The molecule has 2 aromatic rings. The van der Waals surface area contributed by atoms with Gasteiger partial charge in [-0.2, -0.15) is 0 Å². The summed E-state index contributed by atoms with van der Waals surface area (Å²) in [5, 5.41) is 0. The lowest BCUT2D eigenvalue weighted by molar-refractivity contribution is -0.118. The Hall–Kier alpha value is -1.55. The molecule has 0 N–H and O–H groups in total. The molecule has 0 aliphatic carbocycles. The summed E-state index contributed by atoms with van der Waals surface area (Å²) < 4.78 is 27.5. The predicted octanol–water partition coefficient (Wildman–Crippen LogP) is 4.78. The molecule has 0 heterocycles. The molecule has 0 aliphatic rings. The third kappa shape index (κ3) is 4.21. The second-order valence-electron chi connectivity index (χ2n) is 5.02. The van der Waals surface area contributed by atoms with Crippen LogP contribution in [0.4, 0.5) is 8.78 Å². The van der Waals surface area contributed by atoms with Gasteiger partial charge in [0.15, 0.2) is 0 Å². The van der Waals surface area contributed by atoms with Gasteiger partial charge in [0.1, 0.15) is 17.4 Å². The van der Waals surface area contributed by atoms with Crippen LogP contribution in [0.25, 0.3) is 0 Å². The molecular weight excluding hydrogens is 338 g/mol. The minimum Gasteiger partial charge on any atom is -0.299 e. The fourth-order valence-corrected chi connectivity index (χ4v) is 2.43. The van der Waals surface area contributed by atoms with Crippen LogP contribution in [0.3, 0.4) is 0 Å². The number of hydrogen-bond acceptors (Lipinski definition) is 1. The number of carbonyl (C=O) groups excluding carboxylic acids is 1. The topological polar surface area (TPSA) is 17.1 Å². The average Bonchev–Trinajstić information content (AvgIpc) is 2.47. The zero-order valence-corrected chi connectivity index (χ0v) is 13.2. The van der Waals surface area contributed by atoms with Crippen LogP contribution < -0.4 is 0 Å². The third-order valence-corrected chi connectivity index (χ3v) is 3.94. The highest BCUT2D eigenvalue weighted by atomic mass is 79.9. The van der Waals surface area contributed by atoms with Gasteiger partial charge < -0.3 is 0 Å². The number of aryl methyl sites for hydroxylation is 2. The van der Waals surface area contributed by atoms with Crippen LogP contribution >= 0.6 is 15.9 Å². The van der Waals surface area contributed by atoms with E-state index in [-0.39, 0.29) is 28.7 Å². The van der Waals surface area contributed by atoms with E-state index in [1.807, 2.05) is 31.2 Å². The molecule has 21 heavy (non-hydrogen) atoms. The van der Waals surface area contributed by atoms with E-state index in [1.54, 1.807) is 0 Å². The number of hydrogen-bond donors (Lipinski definition) is 0. The smallest absolute Gasteiger partial charge is 0.143 e. The van der Waals surface area contributed by atoms with Crippen molar-refractivity contribution in [3.63, 3.8) is 0 Å². The van der Waals surface area contributed by atoms with E-state index in [0.717, 1.165) is 17.2 Å².